The topological polar surface area (TPSA) is 75.7 Å². The van der Waals surface area contributed by atoms with Crippen LogP contribution in [0.2, 0.25) is 0 Å². The molecule has 3 rings (SSSR count). The lowest BCUT2D eigenvalue weighted by Gasteiger charge is -2.24. The van der Waals surface area contributed by atoms with Crippen LogP contribution in [0.3, 0.4) is 0 Å². The molecule has 3 aromatic rings. The molecule has 0 unspecified atom stereocenters. The maximum atomic E-state index is 13.3. The number of nitrogens with zero attached hydrogens (tertiary/aromatic N) is 1. The third kappa shape index (κ3) is 6.08. The number of hydrogen-bond acceptors (Lipinski definition) is 4. The number of rotatable bonds is 10. The van der Waals surface area contributed by atoms with E-state index >= 15 is 0 Å². The second-order valence-electron chi connectivity index (χ2n) is 6.84. The molecule has 0 saturated carbocycles. The normalized spacial score (nSPS) is 11.0. The zero-order chi connectivity index (χ0) is 22.1. The lowest BCUT2D eigenvalue weighted by molar-refractivity contribution is -0.119. The van der Waals surface area contributed by atoms with Crippen LogP contribution in [-0.2, 0) is 21.2 Å². The number of anilines is 1. The number of nitrogens with one attached hydrogen (secondary N) is 1. The summed E-state index contributed by atoms with van der Waals surface area (Å²) >= 11 is 0. The van der Waals surface area contributed by atoms with E-state index in [4.69, 9.17) is 4.74 Å². The summed E-state index contributed by atoms with van der Waals surface area (Å²) < 4.78 is 33.2. The Morgan fingerprint density at radius 2 is 1.52 bits per heavy atom. The van der Waals surface area contributed by atoms with Gasteiger partial charge in [0.05, 0.1) is 17.2 Å². The van der Waals surface area contributed by atoms with Crippen molar-refractivity contribution >= 4 is 21.6 Å². The molecule has 162 valence electrons. The quantitative estimate of drug-likeness (QED) is 0.524. The molecule has 0 saturated heterocycles. The van der Waals surface area contributed by atoms with Crippen LogP contribution in [0, 0.1) is 0 Å². The van der Waals surface area contributed by atoms with Gasteiger partial charge in [0.25, 0.3) is 10.0 Å². The van der Waals surface area contributed by atoms with E-state index in [1.807, 2.05) is 37.3 Å². The number of amides is 1. The first-order valence-electron chi connectivity index (χ1n) is 10.1. The van der Waals surface area contributed by atoms with Gasteiger partial charge in [0, 0.05) is 6.54 Å². The highest BCUT2D eigenvalue weighted by Gasteiger charge is 2.27. The summed E-state index contributed by atoms with van der Waals surface area (Å²) in [7, 11) is -3.94. The Morgan fingerprint density at radius 3 is 2.13 bits per heavy atom. The lowest BCUT2D eigenvalue weighted by Crippen LogP contribution is -2.41. The van der Waals surface area contributed by atoms with Gasteiger partial charge in [0.1, 0.15) is 12.3 Å². The van der Waals surface area contributed by atoms with E-state index in [0.717, 1.165) is 9.87 Å². The third-order valence-electron chi connectivity index (χ3n) is 4.63. The standard InChI is InChI=1S/C24H26N2O4S/c1-2-30-22-13-15-23(16-14-22)31(28,29)26(21-11-7-4-8-12-21)19-24(27)25-18-17-20-9-5-3-6-10-20/h3-16H,2,17-19H2,1H3,(H,25,27). The van der Waals surface area contributed by atoms with Gasteiger partial charge in [0.2, 0.25) is 5.91 Å². The first-order chi connectivity index (χ1) is 15.0. The predicted octanol–water partition coefficient (Wildman–Crippen LogP) is 3.64. The van der Waals surface area contributed by atoms with Gasteiger partial charge >= 0.3 is 0 Å². The summed E-state index contributed by atoms with van der Waals surface area (Å²) in [5, 5.41) is 2.82. The van der Waals surface area contributed by atoms with Gasteiger partial charge in [-0.05, 0) is 55.3 Å². The molecule has 0 aliphatic rings. The maximum absolute atomic E-state index is 13.3. The van der Waals surface area contributed by atoms with E-state index in [0.29, 0.717) is 31.0 Å². The molecule has 3 aromatic carbocycles. The van der Waals surface area contributed by atoms with E-state index in [-0.39, 0.29) is 17.3 Å². The maximum Gasteiger partial charge on any atom is 0.264 e. The van der Waals surface area contributed by atoms with Crippen LogP contribution in [0.25, 0.3) is 0 Å². The summed E-state index contributed by atoms with van der Waals surface area (Å²) in [6.45, 7) is 2.46. The van der Waals surface area contributed by atoms with Crippen molar-refractivity contribution in [3.63, 3.8) is 0 Å². The Kier molecular flexibility index (Phi) is 7.67. The van der Waals surface area contributed by atoms with Crippen molar-refractivity contribution in [1.82, 2.24) is 5.32 Å². The van der Waals surface area contributed by atoms with Gasteiger partial charge in [-0.2, -0.15) is 0 Å². The number of ether oxygens (including phenoxy) is 1. The second kappa shape index (κ2) is 10.6. The summed E-state index contributed by atoms with van der Waals surface area (Å²) in [5.41, 5.74) is 1.53. The first-order valence-corrected chi connectivity index (χ1v) is 11.6. The Balaban J connectivity index is 1.75. The zero-order valence-corrected chi connectivity index (χ0v) is 18.2. The summed E-state index contributed by atoms with van der Waals surface area (Å²) in [6.07, 6.45) is 0.670. The first kappa shape index (κ1) is 22.4. The SMILES string of the molecule is CCOc1ccc(S(=O)(=O)N(CC(=O)NCCc2ccccc2)c2ccccc2)cc1. The average molecular weight is 439 g/mol. The monoisotopic (exact) mass is 438 g/mol. The fraction of sp³-hybridized carbons (Fsp3) is 0.208. The Labute approximate surface area is 183 Å². The molecule has 0 radical (unpaired) electrons. The molecular weight excluding hydrogens is 412 g/mol. The molecule has 0 bridgehead atoms. The highest BCUT2D eigenvalue weighted by Crippen LogP contribution is 2.25. The van der Waals surface area contributed by atoms with E-state index in [1.54, 1.807) is 42.5 Å². The van der Waals surface area contributed by atoms with Gasteiger partial charge < -0.3 is 10.1 Å². The number of carbonyl (C=O) groups excluding carboxylic acids is 1. The number of benzene rings is 3. The largest absolute Gasteiger partial charge is 0.494 e. The van der Waals surface area contributed by atoms with E-state index < -0.39 is 10.0 Å². The van der Waals surface area contributed by atoms with Crippen molar-refractivity contribution in [3.05, 3.63) is 90.5 Å². The molecule has 6 nitrogen and oxygen atoms in total. The molecule has 0 aliphatic carbocycles. The van der Waals surface area contributed by atoms with E-state index in [2.05, 4.69) is 5.32 Å². The number of hydrogen-bond donors (Lipinski definition) is 1. The minimum Gasteiger partial charge on any atom is -0.494 e. The van der Waals surface area contributed by atoms with Crippen LogP contribution in [0.1, 0.15) is 12.5 Å². The molecule has 0 aromatic heterocycles. The van der Waals surface area contributed by atoms with E-state index in [9.17, 15) is 13.2 Å². The summed E-state index contributed by atoms with van der Waals surface area (Å²) in [6, 6.07) is 24.6. The van der Waals surface area contributed by atoms with Crippen LogP contribution in [0.15, 0.2) is 89.8 Å². The molecule has 0 aliphatic heterocycles. The molecule has 31 heavy (non-hydrogen) atoms. The molecule has 1 N–H and O–H groups in total. The van der Waals surface area contributed by atoms with Crippen LogP contribution < -0.4 is 14.4 Å². The van der Waals surface area contributed by atoms with Crippen LogP contribution in [0.4, 0.5) is 5.69 Å². The Morgan fingerprint density at radius 1 is 0.903 bits per heavy atom. The Hall–Kier alpha value is -3.32. The number of carbonyl (C=O) groups is 1. The summed E-state index contributed by atoms with van der Waals surface area (Å²) in [5.74, 6) is 0.223. The molecular formula is C24H26N2O4S. The van der Waals surface area contributed by atoms with E-state index in [1.165, 1.54) is 12.1 Å². The number of para-hydroxylation sites is 1. The molecule has 0 heterocycles. The lowest BCUT2D eigenvalue weighted by atomic mass is 10.1. The third-order valence-corrected chi connectivity index (χ3v) is 6.42. The predicted molar refractivity (Wildman–Crippen MR) is 122 cm³/mol. The van der Waals surface area contributed by atoms with Crippen molar-refractivity contribution in [1.29, 1.82) is 0 Å². The van der Waals surface area contributed by atoms with Crippen molar-refractivity contribution in [3.8, 4) is 5.75 Å². The van der Waals surface area contributed by atoms with Gasteiger partial charge in [-0.1, -0.05) is 48.5 Å². The highest BCUT2D eigenvalue weighted by atomic mass is 32.2. The van der Waals surface area contributed by atoms with Gasteiger partial charge in [-0.25, -0.2) is 8.42 Å². The zero-order valence-electron chi connectivity index (χ0n) is 17.4. The fourth-order valence-electron chi connectivity index (χ4n) is 3.09. The fourth-order valence-corrected chi connectivity index (χ4v) is 4.51. The minimum absolute atomic E-state index is 0.0943. The summed E-state index contributed by atoms with van der Waals surface area (Å²) in [4.78, 5) is 12.7. The Bertz CT molecular complexity index is 1070. The van der Waals surface area contributed by atoms with Crippen LogP contribution in [0.5, 0.6) is 5.75 Å². The van der Waals surface area contributed by atoms with Crippen LogP contribution >= 0.6 is 0 Å². The van der Waals surface area contributed by atoms with Crippen molar-refractivity contribution in [2.45, 2.75) is 18.2 Å². The smallest absolute Gasteiger partial charge is 0.264 e. The molecule has 1 amide bonds. The minimum atomic E-state index is -3.94. The van der Waals surface area contributed by atoms with Crippen molar-refractivity contribution in [2.75, 3.05) is 24.0 Å². The highest BCUT2D eigenvalue weighted by molar-refractivity contribution is 7.92. The molecule has 0 fully saturated rings. The number of sulfonamides is 1. The van der Waals surface area contributed by atoms with Gasteiger partial charge in [-0.15, -0.1) is 0 Å². The molecule has 0 spiro atoms. The van der Waals surface area contributed by atoms with Gasteiger partial charge in [-0.3, -0.25) is 9.10 Å². The average Bonchev–Trinajstić information content (AvgIpc) is 2.79. The molecule has 7 heteroatoms. The second-order valence-corrected chi connectivity index (χ2v) is 8.70. The van der Waals surface area contributed by atoms with Crippen LogP contribution in [-0.4, -0.2) is 34.0 Å². The molecule has 0 atom stereocenters. The van der Waals surface area contributed by atoms with Crippen molar-refractivity contribution in [2.24, 2.45) is 0 Å². The van der Waals surface area contributed by atoms with Crippen molar-refractivity contribution < 1.29 is 17.9 Å². The van der Waals surface area contributed by atoms with Gasteiger partial charge in [0.15, 0.2) is 0 Å².